The van der Waals surface area contributed by atoms with E-state index in [1.54, 1.807) is 0 Å². The van der Waals surface area contributed by atoms with Crippen molar-refractivity contribution in [1.29, 1.82) is 0 Å². The van der Waals surface area contributed by atoms with Gasteiger partial charge in [-0.3, -0.25) is 0 Å². The Hall–Kier alpha value is -1.12. The molecule has 0 aliphatic carbocycles. The first-order valence-corrected chi connectivity index (χ1v) is 6.81. The molecule has 0 atom stereocenters. The first-order chi connectivity index (χ1) is 8.72. The summed E-state index contributed by atoms with van der Waals surface area (Å²) in [6.07, 6.45) is 5.41. The normalized spacial score (nSPS) is 17.5. The van der Waals surface area contributed by atoms with Gasteiger partial charge in [0.15, 0.2) is 0 Å². The second-order valence-electron chi connectivity index (χ2n) is 4.83. The van der Waals surface area contributed by atoms with Gasteiger partial charge in [-0.15, -0.1) is 0 Å². The Morgan fingerprint density at radius 3 is 1.89 bits per heavy atom. The third-order valence-corrected chi connectivity index (χ3v) is 3.07. The largest absolute Gasteiger partial charge is 0.304 e. The number of benzene rings is 1. The molecule has 2 heteroatoms. The maximum absolute atomic E-state index is 2.36. The van der Waals surface area contributed by atoms with E-state index in [4.69, 9.17) is 0 Å². The Morgan fingerprint density at radius 2 is 1.44 bits per heavy atom. The summed E-state index contributed by atoms with van der Waals surface area (Å²) in [6.45, 7) is 7.07. The lowest BCUT2D eigenvalue weighted by Crippen LogP contribution is -2.42. The molecule has 1 aromatic carbocycles. The van der Waals surface area contributed by atoms with Crippen LogP contribution in [0, 0.1) is 0 Å². The molecule has 0 amide bonds. The van der Waals surface area contributed by atoms with Gasteiger partial charge in [-0.05, 0) is 26.1 Å². The predicted molar refractivity (Wildman–Crippen MR) is 80.8 cm³/mol. The summed E-state index contributed by atoms with van der Waals surface area (Å²) in [6, 6.07) is 10.3. The lowest BCUT2D eigenvalue weighted by molar-refractivity contribution is 0.181. The Balaban J connectivity index is 0.000000184. The van der Waals surface area contributed by atoms with Crippen molar-refractivity contribution in [3.05, 3.63) is 42.0 Å². The van der Waals surface area contributed by atoms with Gasteiger partial charge in [-0.1, -0.05) is 49.4 Å². The van der Waals surface area contributed by atoms with Crippen LogP contribution in [0.3, 0.4) is 0 Å². The highest BCUT2D eigenvalue weighted by Gasteiger charge is 2.07. The van der Waals surface area contributed by atoms with E-state index in [-0.39, 0.29) is 0 Å². The summed E-state index contributed by atoms with van der Waals surface area (Å²) in [4.78, 5) is 4.72. The molecule has 1 aliphatic rings. The molecule has 1 heterocycles. The molecule has 0 saturated carbocycles. The first-order valence-electron chi connectivity index (χ1n) is 6.81. The molecule has 0 aromatic heterocycles. The number of piperazine rings is 1. The van der Waals surface area contributed by atoms with E-state index in [0.717, 1.165) is 6.42 Å². The van der Waals surface area contributed by atoms with E-state index in [2.05, 4.69) is 67.2 Å². The molecule has 100 valence electrons. The second kappa shape index (κ2) is 8.90. The summed E-state index contributed by atoms with van der Waals surface area (Å²) in [5, 5.41) is 0. The molecule has 2 rings (SSSR count). The van der Waals surface area contributed by atoms with E-state index in [9.17, 15) is 0 Å². The number of hydrogen-bond donors (Lipinski definition) is 0. The number of allylic oxidation sites excluding steroid dienone is 1. The molecular formula is C16H26N2. The Bertz CT molecular complexity index is 314. The molecule has 1 saturated heterocycles. The Kier molecular flexibility index (Phi) is 7.38. The highest BCUT2D eigenvalue weighted by Crippen LogP contribution is 2.00. The van der Waals surface area contributed by atoms with Gasteiger partial charge < -0.3 is 9.80 Å². The highest BCUT2D eigenvalue weighted by atomic mass is 15.2. The van der Waals surface area contributed by atoms with Gasteiger partial charge in [0.05, 0.1) is 0 Å². The molecule has 2 nitrogen and oxygen atoms in total. The van der Waals surface area contributed by atoms with Crippen LogP contribution in [0.5, 0.6) is 0 Å². The fourth-order valence-electron chi connectivity index (χ4n) is 1.72. The fraction of sp³-hybridized carbons (Fsp3) is 0.500. The number of likely N-dealkylation sites (N-methyl/N-ethyl adjacent to an activating group) is 2. The molecule has 0 unspecified atom stereocenters. The minimum atomic E-state index is 1.11. The van der Waals surface area contributed by atoms with Gasteiger partial charge in [-0.2, -0.15) is 0 Å². The van der Waals surface area contributed by atoms with Crippen molar-refractivity contribution < 1.29 is 0 Å². The van der Waals surface area contributed by atoms with Gasteiger partial charge in [0.2, 0.25) is 0 Å². The maximum atomic E-state index is 2.36. The maximum Gasteiger partial charge on any atom is 0.0107 e. The topological polar surface area (TPSA) is 6.48 Å². The van der Waals surface area contributed by atoms with Crippen LogP contribution in [-0.4, -0.2) is 50.1 Å². The number of rotatable bonds is 2. The van der Waals surface area contributed by atoms with Crippen LogP contribution in [0.25, 0.3) is 6.08 Å². The van der Waals surface area contributed by atoms with Crippen molar-refractivity contribution in [3.63, 3.8) is 0 Å². The predicted octanol–water partition coefficient (Wildman–Crippen LogP) is 2.97. The SMILES string of the molecule is CC/C=C/c1ccccc1.CN1CCN(C)CC1. The standard InChI is InChI=1S/C10H12.C6H14N2/c1-2-3-7-10-8-5-4-6-9-10;1-7-3-5-8(2)6-4-7/h3-9H,2H2,1H3;3-6H2,1-2H3/b7-3+;. The average Bonchev–Trinajstić information content (AvgIpc) is 2.42. The average molecular weight is 246 g/mol. The molecule has 1 fully saturated rings. The molecule has 1 aliphatic heterocycles. The Labute approximate surface area is 112 Å². The lowest BCUT2D eigenvalue weighted by atomic mass is 10.2. The third-order valence-electron chi connectivity index (χ3n) is 3.07. The highest BCUT2D eigenvalue weighted by molar-refractivity contribution is 5.48. The fourth-order valence-corrected chi connectivity index (χ4v) is 1.72. The van der Waals surface area contributed by atoms with Crippen LogP contribution in [-0.2, 0) is 0 Å². The van der Waals surface area contributed by atoms with E-state index in [1.807, 2.05) is 6.07 Å². The van der Waals surface area contributed by atoms with Crippen molar-refractivity contribution in [2.24, 2.45) is 0 Å². The second-order valence-corrected chi connectivity index (χ2v) is 4.83. The molecule has 0 spiro atoms. The molecule has 18 heavy (non-hydrogen) atoms. The number of nitrogens with zero attached hydrogens (tertiary/aromatic N) is 2. The molecule has 0 bridgehead atoms. The van der Waals surface area contributed by atoms with Gasteiger partial charge in [0, 0.05) is 26.2 Å². The van der Waals surface area contributed by atoms with E-state index < -0.39 is 0 Å². The third kappa shape index (κ3) is 6.58. The minimum Gasteiger partial charge on any atom is -0.304 e. The van der Waals surface area contributed by atoms with Crippen molar-refractivity contribution >= 4 is 6.08 Å². The van der Waals surface area contributed by atoms with Crippen molar-refractivity contribution in [2.45, 2.75) is 13.3 Å². The quantitative estimate of drug-likeness (QED) is 0.791. The van der Waals surface area contributed by atoms with Crippen molar-refractivity contribution in [3.8, 4) is 0 Å². The zero-order chi connectivity index (χ0) is 13.2. The van der Waals surface area contributed by atoms with Crippen LogP contribution in [0.15, 0.2) is 36.4 Å². The van der Waals surface area contributed by atoms with Gasteiger partial charge in [0.1, 0.15) is 0 Å². The van der Waals surface area contributed by atoms with Crippen LogP contribution in [0.4, 0.5) is 0 Å². The molecular weight excluding hydrogens is 220 g/mol. The molecule has 0 N–H and O–H groups in total. The molecule has 1 aromatic rings. The molecule has 0 radical (unpaired) electrons. The van der Waals surface area contributed by atoms with Gasteiger partial charge in [0.25, 0.3) is 0 Å². The lowest BCUT2D eigenvalue weighted by Gasteiger charge is -2.28. The van der Waals surface area contributed by atoms with Crippen LogP contribution in [0.2, 0.25) is 0 Å². The number of hydrogen-bond acceptors (Lipinski definition) is 2. The van der Waals surface area contributed by atoms with Crippen LogP contribution < -0.4 is 0 Å². The first kappa shape index (κ1) is 14.9. The van der Waals surface area contributed by atoms with Crippen molar-refractivity contribution in [2.75, 3.05) is 40.3 Å². The van der Waals surface area contributed by atoms with E-state index in [0.29, 0.717) is 0 Å². The van der Waals surface area contributed by atoms with Gasteiger partial charge in [-0.25, -0.2) is 0 Å². The zero-order valence-corrected chi connectivity index (χ0v) is 12.0. The van der Waals surface area contributed by atoms with E-state index in [1.165, 1.54) is 31.7 Å². The smallest absolute Gasteiger partial charge is 0.0107 e. The summed E-state index contributed by atoms with van der Waals surface area (Å²) in [5.41, 5.74) is 1.28. The van der Waals surface area contributed by atoms with E-state index >= 15 is 0 Å². The monoisotopic (exact) mass is 246 g/mol. The van der Waals surface area contributed by atoms with Crippen molar-refractivity contribution in [1.82, 2.24) is 9.80 Å². The summed E-state index contributed by atoms with van der Waals surface area (Å²) >= 11 is 0. The zero-order valence-electron chi connectivity index (χ0n) is 12.0. The van der Waals surface area contributed by atoms with Crippen LogP contribution in [0.1, 0.15) is 18.9 Å². The Morgan fingerprint density at radius 1 is 0.944 bits per heavy atom. The summed E-state index contributed by atoms with van der Waals surface area (Å²) in [5.74, 6) is 0. The summed E-state index contributed by atoms with van der Waals surface area (Å²) < 4.78 is 0. The minimum absolute atomic E-state index is 1.11. The summed E-state index contributed by atoms with van der Waals surface area (Å²) in [7, 11) is 4.35. The van der Waals surface area contributed by atoms with Gasteiger partial charge >= 0.3 is 0 Å². The van der Waals surface area contributed by atoms with Crippen LogP contribution >= 0.6 is 0 Å².